The molecule has 0 atom stereocenters. The minimum absolute atomic E-state index is 0.132. The standard InChI is InChI=1S/C14H12N4O4/c1-9-6-11(18(21)22)7-10(13(9)19)8-16-17-14(20)12-4-2-3-5-15-12/h2-8,19H,1H3,(H,17,20)/b16-8-. The molecule has 1 aromatic heterocycles. The number of carbonyl (C=O) groups is 1. The number of phenolic OH excluding ortho intramolecular Hbond substituents is 1. The van der Waals surface area contributed by atoms with Crippen LogP contribution >= 0.6 is 0 Å². The van der Waals surface area contributed by atoms with Crippen LogP contribution in [0.2, 0.25) is 0 Å². The van der Waals surface area contributed by atoms with Gasteiger partial charge in [-0.3, -0.25) is 19.9 Å². The molecule has 0 spiro atoms. The summed E-state index contributed by atoms with van der Waals surface area (Å²) in [5.74, 6) is -0.667. The molecule has 22 heavy (non-hydrogen) atoms. The van der Waals surface area contributed by atoms with Gasteiger partial charge in [0.2, 0.25) is 0 Å². The molecule has 1 heterocycles. The molecule has 0 unspecified atom stereocenters. The van der Waals surface area contributed by atoms with Gasteiger partial charge < -0.3 is 5.11 Å². The lowest BCUT2D eigenvalue weighted by Crippen LogP contribution is -2.18. The zero-order valence-corrected chi connectivity index (χ0v) is 11.6. The van der Waals surface area contributed by atoms with Crippen molar-refractivity contribution >= 4 is 17.8 Å². The summed E-state index contributed by atoms with van der Waals surface area (Å²) < 4.78 is 0. The van der Waals surface area contributed by atoms with Gasteiger partial charge in [-0.15, -0.1) is 0 Å². The number of aryl methyl sites for hydroxylation is 1. The smallest absolute Gasteiger partial charge is 0.289 e. The monoisotopic (exact) mass is 300 g/mol. The highest BCUT2D eigenvalue weighted by atomic mass is 16.6. The van der Waals surface area contributed by atoms with Gasteiger partial charge >= 0.3 is 0 Å². The number of rotatable bonds is 4. The molecule has 2 aromatic rings. The van der Waals surface area contributed by atoms with Gasteiger partial charge in [-0.25, -0.2) is 5.43 Å². The number of benzene rings is 1. The normalized spacial score (nSPS) is 10.6. The van der Waals surface area contributed by atoms with Crippen molar-refractivity contribution in [1.29, 1.82) is 0 Å². The topological polar surface area (TPSA) is 118 Å². The summed E-state index contributed by atoms with van der Waals surface area (Å²) >= 11 is 0. The Hall–Kier alpha value is -3.29. The molecule has 0 radical (unpaired) electrons. The van der Waals surface area contributed by atoms with Crippen LogP contribution in [0, 0.1) is 17.0 Å². The van der Waals surface area contributed by atoms with Crippen molar-refractivity contribution in [3.05, 3.63) is 63.5 Å². The van der Waals surface area contributed by atoms with Gasteiger partial charge in [-0.05, 0) is 24.6 Å². The summed E-state index contributed by atoms with van der Waals surface area (Å²) in [4.78, 5) is 25.8. The molecule has 8 nitrogen and oxygen atoms in total. The van der Waals surface area contributed by atoms with Crippen LogP contribution in [0.25, 0.3) is 0 Å². The lowest BCUT2D eigenvalue weighted by Gasteiger charge is -2.03. The van der Waals surface area contributed by atoms with Crippen molar-refractivity contribution in [3.8, 4) is 5.75 Å². The van der Waals surface area contributed by atoms with Crippen molar-refractivity contribution in [2.75, 3.05) is 0 Å². The second kappa shape index (κ2) is 6.44. The van der Waals surface area contributed by atoms with Gasteiger partial charge in [0.05, 0.1) is 11.1 Å². The van der Waals surface area contributed by atoms with E-state index in [-0.39, 0.29) is 22.7 Å². The lowest BCUT2D eigenvalue weighted by atomic mass is 10.1. The molecule has 1 amide bonds. The number of nitro groups is 1. The average molecular weight is 300 g/mol. The molecule has 2 N–H and O–H groups in total. The predicted molar refractivity (Wildman–Crippen MR) is 78.8 cm³/mol. The van der Waals surface area contributed by atoms with Crippen LogP contribution in [0.15, 0.2) is 41.6 Å². The number of nitrogens with zero attached hydrogens (tertiary/aromatic N) is 3. The molecule has 2 rings (SSSR count). The third-order valence-electron chi connectivity index (χ3n) is 2.79. The molecular formula is C14H12N4O4. The molecule has 0 aliphatic carbocycles. The quantitative estimate of drug-likeness (QED) is 0.507. The van der Waals surface area contributed by atoms with Crippen molar-refractivity contribution in [1.82, 2.24) is 10.4 Å². The first-order valence-corrected chi connectivity index (χ1v) is 6.21. The molecule has 112 valence electrons. The highest BCUT2D eigenvalue weighted by Crippen LogP contribution is 2.26. The van der Waals surface area contributed by atoms with Crippen LogP contribution in [0.4, 0.5) is 5.69 Å². The maximum Gasteiger partial charge on any atom is 0.289 e. The van der Waals surface area contributed by atoms with Gasteiger partial charge in [0.1, 0.15) is 11.4 Å². The third kappa shape index (κ3) is 3.42. The third-order valence-corrected chi connectivity index (χ3v) is 2.79. The Morgan fingerprint density at radius 1 is 1.45 bits per heavy atom. The number of hydrazone groups is 1. The first-order valence-electron chi connectivity index (χ1n) is 6.21. The Kier molecular flexibility index (Phi) is 4.42. The Labute approximate surface area is 125 Å². The van der Waals surface area contributed by atoms with Crippen LogP contribution in [0.1, 0.15) is 21.6 Å². The number of phenols is 1. The summed E-state index contributed by atoms with van der Waals surface area (Å²) in [6.07, 6.45) is 2.60. The number of hydrogen-bond acceptors (Lipinski definition) is 6. The maximum atomic E-state index is 11.7. The first-order chi connectivity index (χ1) is 10.5. The number of carbonyl (C=O) groups excluding carboxylic acids is 1. The van der Waals surface area contributed by atoms with E-state index in [9.17, 15) is 20.0 Å². The fraction of sp³-hybridized carbons (Fsp3) is 0.0714. The largest absolute Gasteiger partial charge is 0.507 e. The summed E-state index contributed by atoms with van der Waals surface area (Å²) in [7, 11) is 0. The molecule has 8 heteroatoms. The average Bonchev–Trinajstić information content (AvgIpc) is 2.51. The number of amides is 1. The number of nitro benzene ring substituents is 1. The van der Waals surface area contributed by atoms with E-state index < -0.39 is 10.8 Å². The van der Waals surface area contributed by atoms with Crippen LogP contribution in [-0.4, -0.2) is 27.1 Å². The fourth-order valence-electron chi connectivity index (χ4n) is 1.71. The fourth-order valence-corrected chi connectivity index (χ4v) is 1.71. The molecule has 0 fully saturated rings. The molecular weight excluding hydrogens is 288 g/mol. The number of pyridine rings is 1. The lowest BCUT2D eigenvalue weighted by molar-refractivity contribution is -0.384. The number of hydrogen-bond donors (Lipinski definition) is 2. The van der Waals surface area contributed by atoms with Crippen LogP contribution < -0.4 is 5.43 Å². The molecule has 1 aromatic carbocycles. The Balaban J connectivity index is 2.17. The first kappa shape index (κ1) is 15.1. The summed E-state index contributed by atoms with van der Waals surface area (Å²) in [5, 5.41) is 24.3. The highest BCUT2D eigenvalue weighted by molar-refractivity contribution is 5.93. The Bertz CT molecular complexity index is 744. The summed E-state index contributed by atoms with van der Waals surface area (Å²) in [5.41, 5.74) is 2.71. The highest BCUT2D eigenvalue weighted by Gasteiger charge is 2.12. The van der Waals surface area contributed by atoms with Crippen molar-refractivity contribution in [2.45, 2.75) is 6.92 Å². The van der Waals surface area contributed by atoms with Gasteiger partial charge in [0.15, 0.2) is 0 Å². The van der Waals surface area contributed by atoms with Crippen molar-refractivity contribution in [3.63, 3.8) is 0 Å². The van der Waals surface area contributed by atoms with Crippen LogP contribution in [0.5, 0.6) is 5.75 Å². The maximum absolute atomic E-state index is 11.7. The van der Waals surface area contributed by atoms with Crippen LogP contribution in [0.3, 0.4) is 0 Å². The van der Waals surface area contributed by atoms with Gasteiger partial charge in [0, 0.05) is 23.9 Å². The van der Waals surface area contributed by atoms with E-state index in [1.54, 1.807) is 12.1 Å². The second-order valence-corrected chi connectivity index (χ2v) is 4.37. The second-order valence-electron chi connectivity index (χ2n) is 4.37. The number of aromatic hydroxyl groups is 1. The molecule has 0 aliphatic rings. The number of nitrogens with one attached hydrogen (secondary N) is 1. The Morgan fingerprint density at radius 2 is 2.23 bits per heavy atom. The molecule has 0 aliphatic heterocycles. The number of non-ortho nitro benzene ring substituents is 1. The molecule has 0 bridgehead atoms. The van der Waals surface area contributed by atoms with E-state index in [0.717, 1.165) is 6.21 Å². The SMILES string of the molecule is Cc1cc([N+](=O)[O-])cc(/C=N\NC(=O)c2ccccn2)c1O. The van der Waals surface area contributed by atoms with Crippen molar-refractivity contribution in [2.24, 2.45) is 5.10 Å². The van der Waals surface area contributed by atoms with E-state index in [1.165, 1.54) is 31.3 Å². The minimum Gasteiger partial charge on any atom is -0.507 e. The molecule has 0 saturated heterocycles. The van der Waals surface area contributed by atoms with Gasteiger partial charge in [0.25, 0.3) is 11.6 Å². The molecule has 0 saturated carbocycles. The summed E-state index contributed by atoms with van der Waals surface area (Å²) in [6, 6.07) is 7.25. The van der Waals surface area contributed by atoms with E-state index >= 15 is 0 Å². The zero-order chi connectivity index (χ0) is 16.1. The van der Waals surface area contributed by atoms with E-state index in [0.29, 0.717) is 5.56 Å². The zero-order valence-electron chi connectivity index (χ0n) is 11.6. The minimum atomic E-state index is -0.573. The summed E-state index contributed by atoms with van der Waals surface area (Å²) in [6.45, 7) is 1.53. The van der Waals surface area contributed by atoms with E-state index in [1.807, 2.05) is 0 Å². The van der Waals surface area contributed by atoms with Gasteiger partial charge in [-0.2, -0.15) is 5.10 Å². The van der Waals surface area contributed by atoms with E-state index in [4.69, 9.17) is 0 Å². The predicted octanol–water partition coefficient (Wildman–Crippen LogP) is 1.77. The number of aromatic nitrogens is 1. The van der Waals surface area contributed by atoms with Crippen LogP contribution in [-0.2, 0) is 0 Å². The van der Waals surface area contributed by atoms with Crippen molar-refractivity contribution < 1.29 is 14.8 Å². The Morgan fingerprint density at radius 3 is 2.86 bits per heavy atom. The van der Waals surface area contributed by atoms with Gasteiger partial charge in [-0.1, -0.05) is 6.07 Å². The van der Waals surface area contributed by atoms with E-state index in [2.05, 4.69) is 15.5 Å².